The third-order valence-electron chi connectivity index (χ3n) is 4.30. The summed E-state index contributed by atoms with van der Waals surface area (Å²) in [6.07, 6.45) is 2.08. The van der Waals surface area contributed by atoms with E-state index in [1.807, 2.05) is 61.5 Å². The number of ether oxygens (including phenoxy) is 1. The molecule has 0 saturated carbocycles. The Morgan fingerprint density at radius 2 is 1.71 bits per heavy atom. The predicted octanol–water partition coefficient (Wildman–Crippen LogP) is 4.72. The van der Waals surface area contributed by atoms with E-state index in [-0.39, 0.29) is 5.78 Å². The molecule has 0 aliphatic heterocycles. The van der Waals surface area contributed by atoms with Gasteiger partial charge in [0.15, 0.2) is 5.78 Å². The lowest BCUT2D eigenvalue weighted by Crippen LogP contribution is -2.03. The van der Waals surface area contributed by atoms with E-state index >= 15 is 0 Å². The van der Waals surface area contributed by atoms with Gasteiger partial charge in [-0.05, 0) is 37.1 Å². The number of Topliss-reactive ketones (excluding diaryl/α,β-unsaturated/α-hetero) is 1. The molecule has 0 spiro atoms. The molecule has 2 aromatic carbocycles. The van der Waals surface area contributed by atoms with Gasteiger partial charge in [-0.25, -0.2) is 0 Å². The quantitative estimate of drug-likeness (QED) is 0.637. The zero-order chi connectivity index (χ0) is 17.1. The van der Waals surface area contributed by atoms with E-state index in [2.05, 4.69) is 10.8 Å². The number of benzene rings is 2. The summed E-state index contributed by atoms with van der Waals surface area (Å²) in [5, 5.41) is 0. The Morgan fingerprint density at radius 1 is 1.04 bits per heavy atom. The Hall–Kier alpha value is -2.81. The summed E-state index contributed by atoms with van der Waals surface area (Å²) < 4.78 is 7.34. The van der Waals surface area contributed by atoms with Gasteiger partial charge in [0.2, 0.25) is 0 Å². The lowest BCUT2D eigenvalue weighted by molar-refractivity contribution is 0.101. The van der Waals surface area contributed by atoms with Gasteiger partial charge in [0, 0.05) is 29.6 Å². The van der Waals surface area contributed by atoms with Crippen LogP contribution in [0.15, 0.2) is 60.8 Å². The average Bonchev–Trinajstić information content (AvgIpc) is 2.93. The number of methoxy groups -OCH3 is 1. The van der Waals surface area contributed by atoms with Crippen LogP contribution in [-0.2, 0) is 6.54 Å². The SMILES string of the molecule is COc1ccc(Cn2cc(-c3ccccc3)c(C(C)=O)c2C)cc1. The minimum Gasteiger partial charge on any atom is -0.497 e. The van der Waals surface area contributed by atoms with Crippen LogP contribution in [0.5, 0.6) is 5.75 Å². The van der Waals surface area contributed by atoms with E-state index < -0.39 is 0 Å². The maximum Gasteiger partial charge on any atom is 0.162 e. The van der Waals surface area contributed by atoms with Crippen LogP contribution in [0.2, 0.25) is 0 Å². The van der Waals surface area contributed by atoms with Crippen molar-refractivity contribution in [2.45, 2.75) is 20.4 Å². The number of rotatable bonds is 5. The second kappa shape index (κ2) is 6.75. The number of carbonyl (C=O) groups is 1. The van der Waals surface area contributed by atoms with E-state index in [1.54, 1.807) is 14.0 Å². The third kappa shape index (κ3) is 3.11. The van der Waals surface area contributed by atoms with E-state index in [1.165, 1.54) is 5.56 Å². The molecule has 0 atom stereocenters. The fourth-order valence-electron chi connectivity index (χ4n) is 3.03. The first-order valence-electron chi connectivity index (χ1n) is 7.99. The van der Waals surface area contributed by atoms with Crippen LogP contribution in [0.3, 0.4) is 0 Å². The molecule has 24 heavy (non-hydrogen) atoms. The molecule has 0 N–H and O–H groups in total. The van der Waals surface area contributed by atoms with Crippen molar-refractivity contribution in [2.24, 2.45) is 0 Å². The van der Waals surface area contributed by atoms with E-state index in [4.69, 9.17) is 4.74 Å². The fraction of sp³-hybridized carbons (Fsp3) is 0.190. The van der Waals surface area contributed by atoms with Crippen molar-refractivity contribution in [1.29, 1.82) is 0 Å². The minimum absolute atomic E-state index is 0.0971. The molecule has 0 aliphatic carbocycles. The van der Waals surface area contributed by atoms with E-state index in [0.717, 1.165) is 34.7 Å². The van der Waals surface area contributed by atoms with E-state index in [9.17, 15) is 4.79 Å². The maximum absolute atomic E-state index is 12.2. The molecule has 0 unspecified atom stereocenters. The molecule has 3 nitrogen and oxygen atoms in total. The zero-order valence-corrected chi connectivity index (χ0v) is 14.2. The van der Waals surface area contributed by atoms with Gasteiger partial charge in [0.1, 0.15) is 5.75 Å². The summed E-state index contributed by atoms with van der Waals surface area (Å²) in [5.74, 6) is 0.942. The summed E-state index contributed by atoms with van der Waals surface area (Å²) in [5.41, 5.74) is 5.03. The molecule has 0 bridgehead atoms. The first-order valence-corrected chi connectivity index (χ1v) is 7.99. The molecule has 3 heteroatoms. The summed E-state index contributed by atoms with van der Waals surface area (Å²) in [6, 6.07) is 18.1. The second-order valence-corrected chi connectivity index (χ2v) is 5.90. The molecule has 3 rings (SSSR count). The first-order chi connectivity index (χ1) is 11.6. The molecule has 1 heterocycles. The van der Waals surface area contributed by atoms with Crippen LogP contribution in [0, 0.1) is 6.92 Å². The lowest BCUT2D eigenvalue weighted by Gasteiger charge is -2.08. The summed E-state index contributed by atoms with van der Waals surface area (Å²) in [4.78, 5) is 12.2. The molecule has 122 valence electrons. The Labute approximate surface area is 142 Å². The van der Waals surface area contributed by atoms with Crippen LogP contribution in [0.4, 0.5) is 0 Å². The largest absolute Gasteiger partial charge is 0.497 e. The molecule has 3 aromatic rings. The van der Waals surface area contributed by atoms with Crippen molar-refractivity contribution in [1.82, 2.24) is 4.57 Å². The Bertz CT molecular complexity index is 846. The normalized spacial score (nSPS) is 10.6. The molecular weight excluding hydrogens is 298 g/mol. The Kier molecular flexibility index (Phi) is 4.52. The number of hydrogen-bond donors (Lipinski definition) is 0. The highest BCUT2D eigenvalue weighted by atomic mass is 16.5. The Balaban J connectivity index is 2.01. The highest BCUT2D eigenvalue weighted by Crippen LogP contribution is 2.29. The highest BCUT2D eigenvalue weighted by Gasteiger charge is 2.17. The number of carbonyl (C=O) groups excluding carboxylic acids is 1. The summed E-state index contributed by atoms with van der Waals surface area (Å²) in [6.45, 7) is 4.36. The van der Waals surface area contributed by atoms with Gasteiger partial charge >= 0.3 is 0 Å². The van der Waals surface area contributed by atoms with Gasteiger partial charge in [-0.2, -0.15) is 0 Å². The third-order valence-corrected chi connectivity index (χ3v) is 4.30. The predicted molar refractivity (Wildman–Crippen MR) is 96.7 cm³/mol. The number of hydrogen-bond acceptors (Lipinski definition) is 2. The van der Waals surface area contributed by atoms with Crippen molar-refractivity contribution in [2.75, 3.05) is 7.11 Å². The van der Waals surface area contributed by atoms with Gasteiger partial charge < -0.3 is 9.30 Å². The van der Waals surface area contributed by atoms with Crippen LogP contribution < -0.4 is 4.74 Å². The molecular formula is C21H21NO2. The zero-order valence-electron chi connectivity index (χ0n) is 14.2. The number of ketones is 1. The average molecular weight is 319 g/mol. The minimum atomic E-state index is 0.0971. The van der Waals surface area contributed by atoms with Crippen LogP contribution in [-0.4, -0.2) is 17.5 Å². The van der Waals surface area contributed by atoms with Crippen molar-refractivity contribution >= 4 is 5.78 Å². The topological polar surface area (TPSA) is 31.2 Å². The molecule has 0 saturated heterocycles. The van der Waals surface area contributed by atoms with Gasteiger partial charge in [-0.3, -0.25) is 4.79 Å². The maximum atomic E-state index is 12.2. The molecule has 1 aromatic heterocycles. The monoisotopic (exact) mass is 319 g/mol. The number of aromatic nitrogens is 1. The summed E-state index contributed by atoms with van der Waals surface area (Å²) in [7, 11) is 1.66. The van der Waals surface area contributed by atoms with Gasteiger partial charge in [0.25, 0.3) is 0 Å². The molecule has 0 amide bonds. The van der Waals surface area contributed by atoms with Crippen LogP contribution in [0.1, 0.15) is 28.5 Å². The van der Waals surface area contributed by atoms with Crippen LogP contribution in [0.25, 0.3) is 11.1 Å². The van der Waals surface area contributed by atoms with Gasteiger partial charge in [0.05, 0.1) is 7.11 Å². The molecule has 0 aliphatic rings. The smallest absolute Gasteiger partial charge is 0.162 e. The lowest BCUT2D eigenvalue weighted by atomic mass is 10.0. The molecule has 0 radical (unpaired) electrons. The highest BCUT2D eigenvalue weighted by molar-refractivity contribution is 6.02. The van der Waals surface area contributed by atoms with Crippen molar-refractivity contribution < 1.29 is 9.53 Å². The fourth-order valence-corrected chi connectivity index (χ4v) is 3.03. The second-order valence-electron chi connectivity index (χ2n) is 5.90. The molecule has 0 fully saturated rings. The van der Waals surface area contributed by atoms with Gasteiger partial charge in [-0.1, -0.05) is 42.5 Å². The van der Waals surface area contributed by atoms with E-state index in [0.29, 0.717) is 0 Å². The first kappa shape index (κ1) is 16.1. The Morgan fingerprint density at radius 3 is 2.29 bits per heavy atom. The summed E-state index contributed by atoms with van der Waals surface area (Å²) >= 11 is 0. The standard InChI is InChI=1S/C21H21NO2/c1-15-21(16(2)23)20(18-7-5-4-6-8-18)14-22(15)13-17-9-11-19(24-3)12-10-17/h4-12,14H,13H2,1-3H3. The van der Waals surface area contributed by atoms with Gasteiger partial charge in [-0.15, -0.1) is 0 Å². The van der Waals surface area contributed by atoms with Crippen molar-refractivity contribution in [3.63, 3.8) is 0 Å². The number of nitrogens with zero attached hydrogens (tertiary/aromatic N) is 1. The van der Waals surface area contributed by atoms with Crippen molar-refractivity contribution in [3.8, 4) is 16.9 Å². The van der Waals surface area contributed by atoms with Crippen molar-refractivity contribution in [3.05, 3.63) is 77.6 Å². The van der Waals surface area contributed by atoms with Crippen LogP contribution >= 0.6 is 0 Å².